The maximum absolute atomic E-state index is 17.3. The Kier molecular flexibility index (Phi) is 18.5. The van der Waals surface area contributed by atoms with Gasteiger partial charge >= 0.3 is 11.9 Å². The highest BCUT2D eigenvalue weighted by atomic mass is 28.4. The zero-order valence-corrected chi connectivity index (χ0v) is 48.3. The summed E-state index contributed by atoms with van der Waals surface area (Å²) >= 11 is 0. The van der Waals surface area contributed by atoms with Gasteiger partial charge in [-0.1, -0.05) is 100 Å². The van der Waals surface area contributed by atoms with Crippen LogP contribution in [0.25, 0.3) is 0 Å². The summed E-state index contributed by atoms with van der Waals surface area (Å²) in [5, 5.41) is 0. The van der Waals surface area contributed by atoms with Crippen LogP contribution >= 0.6 is 0 Å². The molecule has 0 spiro atoms. The molecular weight excluding hydrogens is 909 g/mol. The Morgan fingerprint density at radius 3 is 1.85 bits per heavy atom. The second kappa shape index (κ2) is 22.2. The van der Waals surface area contributed by atoms with Crippen LogP contribution in [0.3, 0.4) is 0 Å². The maximum atomic E-state index is 17.3. The van der Waals surface area contributed by atoms with Gasteiger partial charge in [0.05, 0.1) is 35.7 Å². The fourth-order valence-corrected chi connectivity index (χ4v) is 22.5. The van der Waals surface area contributed by atoms with E-state index in [-0.39, 0.29) is 24.8 Å². The Balaban J connectivity index is 2.03. The highest BCUT2D eigenvalue weighted by molar-refractivity contribution is 6.74. The number of ketones is 1. The molecule has 1 saturated heterocycles. The first kappa shape index (κ1) is 55.9. The van der Waals surface area contributed by atoms with Crippen LogP contribution in [-0.2, 0) is 41.5 Å². The van der Waals surface area contributed by atoms with Crippen LogP contribution in [0.4, 0.5) is 0 Å². The van der Waals surface area contributed by atoms with Crippen molar-refractivity contribution in [3.8, 4) is 0 Å². The molecule has 0 amide bonds. The molecule has 3 fully saturated rings. The summed E-state index contributed by atoms with van der Waals surface area (Å²) in [6.07, 6.45) is 0.0345. The van der Waals surface area contributed by atoms with E-state index in [2.05, 4.69) is 103 Å². The Labute approximate surface area is 410 Å². The number of hydrogen-bond donors (Lipinski definition) is 0. The van der Waals surface area contributed by atoms with E-state index in [1.54, 1.807) is 12.1 Å². The van der Waals surface area contributed by atoms with Crippen LogP contribution in [0.5, 0.6) is 0 Å². The summed E-state index contributed by atoms with van der Waals surface area (Å²) < 4.78 is 52.0. The number of fused-ring (bicyclic) bond motifs is 5. The summed E-state index contributed by atoms with van der Waals surface area (Å²) in [5.74, 6) is -1.97. The van der Waals surface area contributed by atoms with Gasteiger partial charge in [-0.15, -0.1) is 6.58 Å². The number of benzene rings is 1. The Morgan fingerprint density at radius 2 is 1.36 bits per heavy atom. The molecule has 5 rings (SSSR count). The molecule has 67 heavy (non-hydrogen) atoms. The van der Waals surface area contributed by atoms with Crippen molar-refractivity contribution in [2.75, 3.05) is 6.61 Å². The lowest BCUT2D eigenvalue weighted by molar-refractivity contribution is -0.343. The van der Waals surface area contributed by atoms with Gasteiger partial charge in [0.1, 0.15) is 23.9 Å². The predicted octanol–water partition coefficient (Wildman–Crippen LogP) is 12.8. The van der Waals surface area contributed by atoms with Crippen molar-refractivity contribution in [3.05, 3.63) is 59.7 Å². The van der Waals surface area contributed by atoms with E-state index in [4.69, 9.17) is 31.9 Å². The topological polar surface area (TPSA) is 116 Å². The fourth-order valence-electron chi connectivity index (χ4n) is 12.8. The molecule has 2 bridgehead atoms. The quantitative estimate of drug-likeness (QED) is 0.0429. The molecule has 1 radical (unpaired) electrons. The third-order valence-electron chi connectivity index (χ3n) is 17.9. The summed E-state index contributed by atoms with van der Waals surface area (Å²) in [6, 6.07) is 17.0. The van der Waals surface area contributed by atoms with Crippen molar-refractivity contribution >= 4 is 51.7 Å². The number of allylic oxidation sites excluding steroid dienone is 1. The lowest BCUT2D eigenvalue weighted by atomic mass is 9.44. The molecular formula is C53H89O10Si4. The van der Waals surface area contributed by atoms with Crippen molar-refractivity contribution in [3.63, 3.8) is 0 Å². The largest absolute Gasteiger partial charge is 0.455 e. The third kappa shape index (κ3) is 9.97. The van der Waals surface area contributed by atoms with E-state index in [0.717, 1.165) is 65.5 Å². The van der Waals surface area contributed by atoms with Crippen molar-refractivity contribution in [1.29, 1.82) is 0 Å². The van der Waals surface area contributed by atoms with Gasteiger partial charge in [-0.2, -0.15) is 0 Å². The Bertz CT molecular complexity index is 1890. The van der Waals surface area contributed by atoms with Gasteiger partial charge in [0.15, 0.2) is 36.3 Å². The predicted molar refractivity (Wildman–Crippen MR) is 278 cm³/mol. The molecule has 0 N–H and O–H groups in total. The number of hydrogen-bond acceptors (Lipinski definition) is 10. The van der Waals surface area contributed by atoms with E-state index >= 15 is 9.59 Å². The summed E-state index contributed by atoms with van der Waals surface area (Å²) in [6.45, 7) is 36.8. The SMILES string of the molecule is C=CCCCC(=O)O[C@@]12CO[C@@H]1C[C@H](O[Si](CC)(CC)CC)[C@@]1(C)C(=O)[C@H](O[Si](CC)(CC)CC)C3=C(C)[C@@H](O[Si](CC)(CC)CC)C[C@@](O[Si](C)C)([C@@H](OC(=O)c4ccccc4)[C@H]21)C3(C)C. The van der Waals surface area contributed by atoms with Gasteiger partial charge in [-0.3, -0.25) is 9.59 Å². The zero-order valence-electron chi connectivity index (χ0n) is 44.3. The molecule has 2 saturated carbocycles. The highest BCUT2D eigenvalue weighted by Gasteiger charge is 2.79. The van der Waals surface area contributed by atoms with Gasteiger partial charge in [0.25, 0.3) is 0 Å². The lowest BCUT2D eigenvalue weighted by Gasteiger charge is -2.69. The third-order valence-corrected chi connectivity index (χ3v) is 32.6. The molecule has 1 aliphatic heterocycles. The molecule has 1 aromatic carbocycles. The molecule has 10 nitrogen and oxygen atoms in total. The Morgan fingerprint density at radius 1 is 0.821 bits per heavy atom. The number of carbonyl (C=O) groups excluding carboxylic acids is 3. The fraction of sp³-hybridized carbons (Fsp3) is 0.755. The molecule has 1 heterocycles. The first-order valence-corrected chi connectivity index (χ1v) is 36.2. The molecule has 0 unspecified atom stereocenters. The van der Waals surface area contributed by atoms with Crippen LogP contribution in [-0.4, -0.2) is 100 Å². The molecule has 9 atom stereocenters. The second-order valence-electron chi connectivity index (χ2n) is 21.2. The number of Topliss-reactive ketones (excluding diaryl/α,β-unsaturated/α-hetero) is 1. The first-order chi connectivity index (χ1) is 31.7. The summed E-state index contributed by atoms with van der Waals surface area (Å²) in [4.78, 5) is 47.0. The number of rotatable bonds is 24. The number of unbranched alkanes of at least 4 members (excludes halogenated alkanes) is 1. The van der Waals surface area contributed by atoms with E-state index < -0.39 is 98.4 Å². The minimum absolute atomic E-state index is 0.0389. The molecule has 3 aliphatic carbocycles. The lowest BCUT2D eigenvalue weighted by Crippen LogP contribution is -2.83. The number of esters is 2. The van der Waals surface area contributed by atoms with Gasteiger partial charge in [-0.05, 0) is 117 Å². The highest BCUT2D eigenvalue weighted by Crippen LogP contribution is 2.66. The van der Waals surface area contributed by atoms with Crippen LogP contribution in [0.2, 0.25) is 67.5 Å². The maximum Gasteiger partial charge on any atom is 0.338 e. The van der Waals surface area contributed by atoms with E-state index in [0.29, 0.717) is 31.2 Å². The number of ether oxygens (including phenoxy) is 3. The van der Waals surface area contributed by atoms with Crippen molar-refractivity contribution < 1.29 is 46.3 Å². The number of carbonyl (C=O) groups is 3. The molecule has 14 heteroatoms. The minimum Gasteiger partial charge on any atom is -0.455 e. The standard InChI is InChI=1S/C53H89O10Si4/c1-17-27-29-34-43(54)59-52-37-57-42(52)35-41(61-66(21-5,22-6)23-7)51(14)46(52)48(58-49(56)39-32-30-28-31-33-39)53(63-64(15)16)36-40(60-65(18-2,19-3)20-4)38(11)44(50(53,12)13)45(47(51)55)62-67(24-8,25-9)26-10/h17,28,30-33,40-42,45-46,48H,1,18-27,29,34-37H2,2-16H3/t40-,41-,42+,45+,46-,48-,51+,52-,53+/m0/s1. The zero-order chi connectivity index (χ0) is 49.8. The monoisotopic (exact) mass is 998 g/mol. The van der Waals surface area contributed by atoms with Crippen molar-refractivity contribution in [2.24, 2.45) is 16.7 Å². The smallest absolute Gasteiger partial charge is 0.338 e. The Hall–Kier alpha value is -2.02. The van der Waals surface area contributed by atoms with Crippen molar-refractivity contribution in [2.45, 2.75) is 231 Å². The summed E-state index contributed by atoms with van der Waals surface area (Å²) in [5.41, 5.74) is -2.79. The minimum atomic E-state index is -2.58. The average Bonchev–Trinajstić information content (AvgIpc) is 3.32. The van der Waals surface area contributed by atoms with Crippen molar-refractivity contribution in [1.82, 2.24) is 0 Å². The summed E-state index contributed by atoms with van der Waals surface area (Å²) in [7, 11) is -9.02. The second-order valence-corrected chi connectivity index (χ2v) is 37.4. The molecule has 4 aliphatic rings. The molecule has 377 valence electrons. The van der Waals surface area contributed by atoms with Gasteiger partial charge < -0.3 is 31.9 Å². The van der Waals surface area contributed by atoms with Gasteiger partial charge in [0.2, 0.25) is 9.04 Å². The van der Waals surface area contributed by atoms with Crippen LogP contribution in [0.15, 0.2) is 54.1 Å². The van der Waals surface area contributed by atoms with Crippen LogP contribution < -0.4 is 0 Å². The van der Waals surface area contributed by atoms with E-state index in [1.807, 2.05) is 31.2 Å². The van der Waals surface area contributed by atoms with Gasteiger partial charge in [-0.25, -0.2) is 4.79 Å². The van der Waals surface area contributed by atoms with Gasteiger partial charge in [0, 0.05) is 24.7 Å². The normalized spacial score (nSPS) is 30.7. The molecule has 1 aromatic rings. The van der Waals surface area contributed by atoms with E-state index in [1.165, 1.54) is 0 Å². The molecule has 0 aromatic heterocycles. The average molecular weight is 999 g/mol. The van der Waals surface area contributed by atoms with Crippen LogP contribution in [0.1, 0.15) is 132 Å². The first-order valence-electron chi connectivity index (χ1n) is 26.2. The van der Waals surface area contributed by atoms with E-state index in [9.17, 15) is 4.79 Å². The van der Waals surface area contributed by atoms with Crippen LogP contribution in [0, 0.1) is 16.7 Å².